The molecule has 0 aromatic rings. The van der Waals surface area contributed by atoms with Gasteiger partial charge in [-0.3, -0.25) is 9.59 Å². The Morgan fingerprint density at radius 2 is 0.791 bits per heavy atom. The molecule has 0 aliphatic carbocycles. The van der Waals surface area contributed by atoms with Crippen LogP contribution in [0.2, 0.25) is 0 Å². The summed E-state index contributed by atoms with van der Waals surface area (Å²) >= 11 is 1.30. The second kappa shape index (κ2) is 32.9. The first-order chi connectivity index (χ1) is 21.0. The molecule has 0 fully saturated rings. The van der Waals surface area contributed by atoms with E-state index in [0.29, 0.717) is 12.8 Å². The number of hydrogen-bond acceptors (Lipinski definition) is 4. The number of unbranched alkanes of at least 4 members (excludes halogenated alkanes) is 22. The molecule has 0 aliphatic heterocycles. The fourth-order valence-electron chi connectivity index (χ4n) is 5.56. The first-order valence-corrected chi connectivity index (χ1v) is 20.9. The summed E-state index contributed by atoms with van der Waals surface area (Å²) < 4.78 is 0. The third-order valence-corrected chi connectivity index (χ3v) is 9.63. The normalized spacial score (nSPS) is 12.2. The number of rotatable bonds is 34. The van der Waals surface area contributed by atoms with E-state index >= 15 is 0 Å². The summed E-state index contributed by atoms with van der Waals surface area (Å²) in [5.41, 5.74) is -1.81. The second-order valence-electron chi connectivity index (χ2n) is 12.7. The Bertz CT molecular complexity index is 639. The lowest BCUT2D eigenvalue weighted by molar-refractivity contribution is -0.148. The van der Waals surface area contributed by atoms with E-state index in [1.54, 1.807) is 0 Å². The number of aliphatic hydroxyl groups is 1. The van der Waals surface area contributed by atoms with Crippen LogP contribution in [0.15, 0.2) is 24.3 Å². The molecule has 0 saturated heterocycles. The van der Waals surface area contributed by atoms with Gasteiger partial charge in [-0.2, -0.15) is 0 Å². The van der Waals surface area contributed by atoms with Crippen LogP contribution in [0.25, 0.3) is 0 Å². The van der Waals surface area contributed by atoms with Crippen molar-refractivity contribution in [3.63, 3.8) is 0 Å². The van der Waals surface area contributed by atoms with Gasteiger partial charge in [0.1, 0.15) is 0 Å². The van der Waals surface area contributed by atoms with E-state index in [1.807, 2.05) is 0 Å². The summed E-state index contributed by atoms with van der Waals surface area (Å²) in [5.74, 6) is -0.415. The molecule has 0 saturated carbocycles. The van der Waals surface area contributed by atoms with Crippen molar-refractivity contribution >= 4 is 31.4 Å². The van der Waals surface area contributed by atoms with Gasteiger partial charge in [-0.15, -0.1) is 11.4 Å². The Hall–Kier alpha value is -0.440. The van der Waals surface area contributed by atoms with Gasteiger partial charge in [-0.25, -0.2) is 0 Å². The molecule has 1 atom stereocenters. The maximum absolute atomic E-state index is 12.9. The van der Waals surface area contributed by atoms with Crippen molar-refractivity contribution in [2.24, 2.45) is 0 Å². The molecule has 0 aromatic carbocycles. The summed E-state index contributed by atoms with van der Waals surface area (Å²) in [4.78, 5) is 25.8. The Morgan fingerprint density at radius 1 is 0.512 bits per heavy atom. The lowest BCUT2D eigenvalue weighted by Crippen LogP contribution is -2.48. The molecule has 3 nitrogen and oxygen atoms in total. The first-order valence-electron chi connectivity index (χ1n) is 18.4. The van der Waals surface area contributed by atoms with E-state index in [0.717, 1.165) is 51.4 Å². The molecule has 0 heterocycles. The Kier molecular flexibility index (Phi) is 32.6. The summed E-state index contributed by atoms with van der Waals surface area (Å²) in [6.07, 6.45) is 41.4. The number of allylic oxidation sites excluding steroid dienone is 4. The van der Waals surface area contributed by atoms with Crippen LogP contribution in [-0.2, 0) is 9.59 Å². The van der Waals surface area contributed by atoms with Crippen LogP contribution in [0.4, 0.5) is 0 Å². The van der Waals surface area contributed by atoms with Gasteiger partial charge in [0, 0.05) is 18.6 Å². The maximum atomic E-state index is 12.9. The topological polar surface area (TPSA) is 54.4 Å². The minimum absolute atomic E-state index is 0.144. The average molecular weight is 639 g/mol. The number of carbonyl (C=O) groups excluding carboxylic acids is 2. The molecule has 5 heteroatoms. The van der Waals surface area contributed by atoms with E-state index in [1.165, 1.54) is 127 Å². The van der Waals surface area contributed by atoms with Crippen molar-refractivity contribution in [2.45, 2.75) is 199 Å². The van der Waals surface area contributed by atoms with Gasteiger partial charge in [0.2, 0.25) is 0 Å². The second-order valence-corrected chi connectivity index (χ2v) is 14.3. The highest BCUT2D eigenvalue weighted by atomic mass is 32.7. The van der Waals surface area contributed by atoms with E-state index in [-0.39, 0.29) is 17.3 Å². The zero-order valence-corrected chi connectivity index (χ0v) is 30.5. The highest BCUT2D eigenvalue weighted by molar-refractivity contribution is 8.43. The van der Waals surface area contributed by atoms with Crippen molar-refractivity contribution in [3.8, 4) is 0 Å². The highest BCUT2D eigenvalue weighted by Gasteiger charge is 2.41. The van der Waals surface area contributed by atoms with Crippen molar-refractivity contribution in [2.75, 3.05) is 5.75 Å². The molecule has 252 valence electrons. The predicted octanol–water partition coefficient (Wildman–Crippen LogP) is 12.5. The van der Waals surface area contributed by atoms with Gasteiger partial charge in [-0.05, 0) is 64.2 Å². The summed E-state index contributed by atoms with van der Waals surface area (Å²) in [6, 6.07) is 0. The van der Waals surface area contributed by atoms with E-state index in [2.05, 4.69) is 46.6 Å². The van der Waals surface area contributed by atoms with Crippen LogP contribution in [0.3, 0.4) is 0 Å². The van der Waals surface area contributed by atoms with E-state index < -0.39 is 5.60 Å². The average Bonchev–Trinajstić information content (AvgIpc) is 3.00. The van der Waals surface area contributed by atoms with Crippen LogP contribution < -0.4 is 0 Å². The highest BCUT2D eigenvalue weighted by Crippen LogP contribution is 2.25. The zero-order chi connectivity index (χ0) is 31.7. The quantitative estimate of drug-likeness (QED) is 0.0330. The molecule has 0 radical (unpaired) electrons. The Morgan fingerprint density at radius 3 is 1.09 bits per heavy atom. The summed E-state index contributed by atoms with van der Waals surface area (Å²) in [6.45, 7) is 4.52. The molecule has 43 heavy (non-hydrogen) atoms. The number of hydrogen-bond donors (Lipinski definition) is 1. The minimum atomic E-state index is -1.81. The smallest absolute Gasteiger partial charge is 0.190 e. The van der Waals surface area contributed by atoms with Crippen molar-refractivity contribution in [1.29, 1.82) is 0 Å². The molecule has 1 unspecified atom stereocenters. The fourth-order valence-corrected chi connectivity index (χ4v) is 6.85. The lowest BCUT2D eigenvalue weighted by Gasteiger charge is -2.24. The van der Waals surface area contributed by atoms with Gasteiger partial charge in [0.15, 0.2) is 17.2 Å². The molecule has 0 bridgehead atoms. The molecule has 0 rings (SSSR count). The van der Waals surface area contributed by atoms with Crippen LogP contribution in [-0.4, -0.2) is 28.0 Å². The fraction of sp³-hybridized carbons (Fsp3) is 0.842. The summed E-state index contributed by atoms with van der Waals surface area (Å²) in [7, 11) is 2.48. The number of carbonyl (C=O) groups is 2. The van der Waals surface area contributed by atoms with Gasteiger partial charge in [-0.1, -0.05) is 149 Å². The van der Waals surface area contributed by atoms with Crippen molar-refractivity contribution in [3.05, 3.63) is 24.3 Å². The van der Waals surface area contributed by atoms with Gasteiger partial charge < -0.3 is 5.11 Å². The van der Waals surface area contributed by atoms with E-state index in [9.17, 15) is 14.7 Å². The zero-order valence-electron chi connectivity index (χ0n) is 28.6. The predicted molar refractivity (Wildman–Crippen MR) is 196 cm³/mol. The standard InChI is InChI=1S/C38H71O3PS/c1-3-5-7-9-11-13-15-17-19-21-23-25-27-29-31-33-36(39)38(41,35-43-42)37(40)34-32-30-28-26-24-22-20-18-16-14-12-10-8-6-4-2/h17-20,41H,3-16,21-35,42H2,1-2H3/b19-17-,20-18-. The van der Waals surface area contributed by atoms with Crippen LogP contribution >= 0.6 is 19.8 Å². The van der Waals surface area contributed by atoms with Crippen LogP contribution in [0.5, 0.6) is 0 Å². The molecule has 1 N–H and O–H groups in total. The maximum Gasteiger partial charge on any atom is 0.190 e. The van der Waals surface area contributed by atoms with Gasteiger partial charge >= 0.3 is 0 Å². The van der Waals surface area contributed by atoms with Crippen LogP contribution in [0.1, 0.15) is 194 Å². The van der Waals surface area contributed by atoms with Crippen molar-refractivity contribution in [1.82, 2.24) is 0 Å². The van der Waals surface area contributed by atoms with Gasteiger partial charge in [0.25, 0.3) is 0 Å². The molecule has 0 amide bonds. The minimum Gasteiger partial charge on any atom is -0.374 e. The molecular formula is C38H71O3PS. The molecule has 0 spiro atoms. The Labute approximate surface area is 274 Å². The number of ketones is 2. The molecule has 0 aromatic heterocycles. The Balaban J connectivity index is 3.89. The van der Waals surface area contributed by atoms with Crippen molar-refractivity contribution < 1.29 is 14.7 Å². The third-order valence-electron chi connectivity index (χ3n) is 8.55. The monoisotopic (exact) mass is 638 g/mol. The molecule has 0 aliphatic rings. The third kappa shape index (κ3) is 26.5. The first kappa shape index (κ1) is 42.6. The van der Waals surface area contributed by atoms with Gasteiger partial charge in [0.05, 0.1) is 0 Å². The van der Waals surface area contributed by atoms with E-state index in [4.69, 9.17) is 0 Å². The molecular weight excluding hydrogens is 567 g/mol. The SMILES string of the molecule is CCCCCCCC/C=C\CCCCCCCC(=O)C(O)(CSP)C(=O)CCCCCCC/C=C\CCCCCCCC. The number of Topliss-reactive ketones (excluding diaryl/α,β-unsaturated/α-hetero) is 2. The largest absolute Gasteiger partial charge is 0.374 e. The van der Waals surface area contributed by atoms with Crippen LogP contribution in [0, 0.1) is 0 Å². The lowest BCUT2D eigenvalue weighted by atomic mass is 9.88. The summed E-state index contributed by atoms with van der Waals surface area (Å²) in [5, 5.41) is 11.0.